The molecule has 0 bridgehead atoms. The van der Waals surface area contributed by atoms with Crippen LogP contribution in [0.1, 0.15) is 70.5 Å². The quantitative estimate of drug-likeness (QED) is 0.322. The molecule has 2 aromatic carbocycles. The summed E-state index contributed by atoms with van der Waals surface area (Å²) in [4.78, 5) is 21.9. The number of hydrogen-bond donors (Lipinski definition) is 1. The molecule has 1 N–H and O–H groups in total. The number of rotatable bonds is 9. The maximum absolute atomic E-state index is 13.7. The standard InChI is InChI=1S/C28H37FN4O3S.C2H6/c1-5-19-15-25(19)28(34)33(18-27(30-6-2)32(3)4)22-14-13-20-9-7-12-26(24(20)17-22)31-37(35,36)23-11-8-10-21(29)16-23;1-2/h8,10-11,13-14,16-17,19,25-26,31H,5-7,9,12,15,18H2,1-4H3;1-2H3/t19-,25-,26?;/m0./s1. The van der Waals surface area contributed by atoms with Gasteiger partial charge >= 0.3 is 0 Å². The summed E-state index contributed by atoms with van der Waals surface area (Å²) in [6.07, 6.45) is 4.17. The zero-order valence-electron chi connectivity index (χ0n) is 24.1. The molecular weight excluding hydrogens is 515 g/mol. The number of aryl methyl sites for hydroxylation is 1. The van der Waals surface area contributed by atoms with Crippen LogP contribution in [0.25, 0.3) is 0 Å². The fraction of sp³-hybridized carbons (Fsp3) is 0.533. The third-order valence-electron chi connectivity index (χ3n) is 7.35. The number of anilines is 1. The Hall–Kier alpha value is -2.78. The van der Waals surface area contributed by atoms with Crippen molar-refractivity contribution in [3.8, 4) is 0 Å². The van der Waals surface area contributed by atoms with Crippen LogP contribution in [0.15, 0.2) is 52.4 Å². The lowest BCUT2D eigenvalue weighted by molar-refractivity contribution is -0.120. The number of nitrogens with one attached hydrogen (secondary N) is 1. The lowest BCUT2D eigenvalue weighted by Crippen LogP contribution is -2.42. The van der Waals surface area contributed by atoms with E-state index < -0.39 is 21.9 Å². The first-order chi connectivity index (χ1) is 18.6. The van der Waals surface area contributed by atoms with E-state index in [9.17, 15) is 17.6 Å². The van der Waals surface area contributed by atoms with Gasteiger partial charge in [0.2, 0.25) is 15.9 Å². The summed E-state index contributed by atoms with van der Waals surface area (Å²) in [7, 11) is -0.0749. The molecule has 1 amide bonds. The van der Waals surface area contributed by atoms with Gasteiger partial charge in [-0.2, -0.15) is 0 Å². The summed E-state index contributed by atoms with van der Waals surface area (Å²) in [5.74, 6) is 0.716. The Morgan fingerprint density at radius 3 is 2.49 bits per heavy atom. The molecule has 3 atom stereocenters. The largest absolute Gasteiger partial charge is 0.365 e. The SMILES string of the molecule is CC.CCN=C(CN(C(=O)[C@H]1C[C@@H]1CC)c1ccc2c(c1)C(NS(=O)(=O)c1cccc(F)c1)CCC2)N(C)C. The summed E-state index contributed by atoms with van der Waals surface area (Å²) >= 11 is 0. The van der Waals surface area contributed by atoms with E-state index in [-0.39, 0.29) is 16.7 Å². The predicted molar refractivity (Wildman–Crippen MR) is 156 cm³/mol. The zero-order valence-corrected chi connectivity index (χ0v) is 24.9. The number of aliphatic imine (C=N–C) groups is 1. The van der Waals surface area contributed by atoms with Gasteiger partial charge in [0.05, 0.1) is 11.4 Å². The molecule has 4 rings (SSSR count). The van der Waals surface area contributed by atoms with E-state index in [0.29, 0.717) is 25.4 Å². The third-order valence-corrected chi connectivity index (χ3v) is 8.82. The molecular formula is C30H43FN4O3S. The number of nitrogens with zero attached hydrogens (tertiary/aromatic N) is 3. The summed E-state index contributed by atoms with van der Waals surface area (Å²) < 4.78 is 42.7. The van der Waals surface area contributed by atoms with E-state index >= 15 is 0 Å². The topological polar surface area (TPSA) is 82.1 Å². The number of carbonyl (C=O) groups excluding carboxylic acids is 1. The number of benzene rings is 2. The van der Waals surface area contributed by atoms with Crippen LogP contribution in [0.5, 0.6) is 0 Å². The van der Waals surface area contributed by atoms with Gasteiger partial charge in [0.1, 0.15) is 11.7 Å². The van der Waals surface area contributed by atoms with Crippen molar-refractivity contribution in [3.05, 3.63) is 59.4 Å². The highest BCUT2D eigenvalue weighted by Crippen LogP contribution is 2.43. The van der Waals surface area contributed by atoms with Crippen LogP contribution in [-0.4, -0.2) is 52.2 Å². The van der Waals surface area contributed by atoms with Gasteiger partial charge in [0.25, 0.3) is 0 Å². The smallest absolute Gasteiger partial charge is 0.241 e. The van der Waals surface area contributed by atoms with Crippen LogP contribution in [0.2, 0.25) is 0 Å². The van der Waals surface area contributed by atoms with Gasteiger partial charge in [-0.25, -0.2) is 17.5 Å². The van der Waals surface area contributed by atoms with Crippen LogP contribution in [0, 0.1) is 17.7 Å². The Kier molecular flexibility index (Phi) is 10.7. The first kappa shape index (κ1) is 30.8. The number of halogens is 1. The number of likely N-dealkylation sites (N-methyl/N-ethyl adjacent to an activating group) is 1. The lowest BCUT2D eigenvalue weighted by Gasteiger charge is -2.30. The molecule has 0 spiro atoms. The van der Waals surface area contributed by atoms with E-state index in [1.54, 1.807) is 0 Å². The summed E-state index contributed by atoms with van der Waals surface area (Å²) in [5, 5.41) is 0. The molecule has 9 heteroatoms. The normalized spacial score (nSPS) is 20.4. The zero-order chi connectivity index (χ0) is 28.7. The van der Waals surface area contributed by atoms with Gasteiger partial charge in [-0.05, 0) is 80.0 Å². The van der Waals surface area contributed by atoms with Gasteiger partial charge in [-0.1, -0.05) is 39.3 Å². The van der Waals surface area contributed by atoms with E-state index in [4.69, 9.17) is 0 Å². The van der Waals surface area contributed by atoms with Gasteiger partial charge in [0.15, 0.2) is 0 Å². The first-order valence-corrected chi connectivity index (χ1v) is 15.6. The Morgan fingerprint density at radius 2 is 1.87 bits per heavy atom. The van der Waals surface area contributed by atoms with Crippen molar-refractivity contribution in [2.24, 2.45) is 16.8 Å². The molecule has 2 aromatic rings. The van der Waals surface area contributed by atoms with Crippen molar-refractivity contribution in [2.45, 2.75) is 70.7 Å². The van der Waals surface area contributed by atoms with Crippen LogP contribution < -0.4 is 9.62 Å². The van der Waals surface area contributed by atoms with Crippen molar-refractivity contribution in [2.75, 3.05) is 32.1 Å². The highest BCUT2D eigenvalue weighted by atomic mass is 32.2. The first-order valence-electron chi connectivity index (χ1n) is 14.1. The molecule has 39 heavy (non-hydrogen) atoms. The minimum Gasteiger partial charge on any atom is -0.365 e. The third kappa shape index (κ3) is 7.45. The van der Waals surface area contributed by atoms with Crippen LogP contribution in [-0.2, 0) is 21.2 Å². The predicted octanol–water partition coefficient (Wildman–Crippen LogP) is 5.57. The second-order valence-corrected chi connectivity index (χ2v) is 11.8. The summed E-state index contributed by atoms with van der Waals surface area (Å²) in [5.41, 5.74) is 2.67. The lowest BCUT2D eigenvalue weighted by atomic mass is 9.87. The molecule has 7 nitrogen and oxygen atoms in total. The minimum atomic E-state index is -3.92. The number of carbonyl (C=O) groups is 1. The maximum atomic E-state index is 13.7. The highest BCUT2D eigenvalue weighted by molar-refractivity contribution is 7.89. The molecule has 0 aromatic heterocycles. The number of amidine groups is 1. The molecule has 1 unspecified atom stereocenters. The van der Waals surface area contributed by atoms with Crippen molar-refractivity contribution in [1.29, 1.82) is 0 Å². The van der Waals surface area contributed by atoms with Crippen LogP contribution >= 0.6 is 0 Å². The summed E-state index contributed by atoms with van der Waals surface area (Å²) in [6, 6.07) is 10.5. The molecule has 1 saturated carbocycles. The second-order valence-electron chi connectivity index (χ2n) is 10.1. The van der Waals surface area contributed by atoms with Crippen molar-refractivity contribution < 1.29 is 17.6 Å². The van der Waals surface area contributed by atoms with Crippen molar-refractivity contribution >= 4 is 27.5 Å². The van der Waals surface area contributed by atoms with E-state index in [0.717, 1.165) is 54.4 Å². The number of sulfonamides is 1. The number of fused-ring (bicyclic) bond motifs is 1. The molecule has 2 aliphatic rings. The Bertz CT molecular complexity index is 1280. The molecule has 2 aliphatic carbocycles. The molecule has 0 radical (unpaired) electrons. The fourth-order valence-corrected chi connectivity index (χ4v) is 6.40. The Balaban J connectivity index is 0.00000205. The molecule has 1 fully saturated rings. The van der Waals surface area contributed by atoms with Crippen molar-refractivity contribution in [3.63, 3.8) is 0 Å². The maximum Gasteiger partial charge on any atom is 0.241 e. The molecule has 0 saturated heterocycles. The van der Waals surface area contributed by atoms with Crippen molar-refractivity contribution in [1.82, 2.24) is 9.62 Å². The van der Waals surface area contributed by atoms with Gasteiger partial charge < -0.3 is 9.80 Å². The minimum absolute atomic E-state index is 0.00773. The molecule has 0 aliphatic heterocycles. The van der Waals surface area contributed by atoms with Gasteiger partial charge in [-0.15, -0.1) is 0 Å². The molecule has 214 valence electrons. The second kappa shape index (κ2) is 13.5. The van der Waals surface area contributed by atoms with Gasteiger partial charge in [-0.3, -0.25) is 9.79 Å². The fourth-order valence-electron chi connectivity index (χ4n) is 5.12. The Labute approximate surface area is 233 Å². The molecule has 0 heterocycles. The average molecular weight is 559 g/mol. The summed E-state index contributed by atoms with van der Waals surface area (Å²) in [6.45, 7) is 9.05. The van der Waals surface area contributed by atoms with Gasteiger partial charge in [0, 0.05) is 38.3 Å². The van der Waals surface area contributed by atoms with Crippen LogP contribution in [0.3, 0.4) is 0 Å². The highest BCUT2D eigenvalue weighted by Gasteiger charge is 2.44. The van der Waals surface area contributed by atoms with E-state index in [1.165, 1.54) is 18.2 Å². The van der Waals surface area contributed by atoms with E-state index in [1.807, 2.05) is 62.9 Å². The number of amides is 1. The Morgan fingerprint density at radius 1 is 1.13 bits per heavy atom. The van der Waals surface area contributed by atoms with E-state index in [2.05, 4.69) is 16.6 Å². The van der Waals surface area contributed by atoms with Crippen LogP contribution in [0.4, 0.5) is 10.1 Å². The number of hydrogen-bond acceptors (Lipinski definition) is 4. The average Bonchev–Trinajstić information content (AvgIpc) is 3.72. The monoisotopic (exact) mass is 558 g/mol.